The second-order valence-electron chi connectivity index (χ2n) is 6.19. The molecule has 1 fully saturated rings. The summed E-state index contributed by atoms with van der Waals surface area (Å²) in [5.41, 5.74) is 0.163. The topological polar surface area (TPSA) is 39.7 Å². The Morgan fingerprint density at radius 3 is 2.50 bits per heavy atom. The third-order valence-corrected chi connectivity index (χ3v) is 3.85. The van der Waals surface area contributed by atoms with E-state index in [4.69, 9.17) is 14.2 Å². The number of methoxy groups -OCH3 is 1. The molecule has 1 aliphatic carbocycles. The lowest BCUT2D eigenvalue weighted by Gasteiger charge is -2.42. The van der Waals surface area contributed by atoms with Gasteiger partial charge >= 0.3 is 0 Å². The van der Waals surface area contributed by atoms with Crippen LogP contribution in [0.25, 0.3) is 0 Å². The maximum absolute atomic E-state index is 6.13. The maximum Gasteiger partial charge on any atom is 0.0700 e. The molecule has 0 heterocycles. The van der Waals surface area contributed by atoms with Crippen LogP contribution in [0.3, 0.4) is 0 Å². The lowest BCUT2D eigenvalue weighted by atomic mass is 9.77. The Kier molecular flexibility index (Phi) is 9.44. The van der Waals surface area contributed by atoms with Gasteiger partial charge in [-0.25, -0.2) is 0 Å². The van der Waals surface area contributed by atoms with E-state index < -0.39 is 0 Å². The van der Waals surface area contributed by atoms with Crippen LogP contribution in [0.15, 0.2) is 0 Å². The first kappa shape index (κ1) is 17.9. The number of nitrogens with one attached hydrogen (secondary N) is 1. The molecule has 0 aromatic rings. The van der Waals surface area contributed by atoms with Crippen molar-refractivity contribution in [2.24, 2.45) is 5.92 Å². The Morgan fingerprint density at radius 2 is 1.90 bits per heavy atom. The lowest BCUT2D eigenvalue weighted by Crippen LogP contribution is -2.43. The van der Waals surface area contributed by atoms with E-state index in [9.17, 15) is 0 Å². The molecule has 4 heteroatoms. The van der Waals surface area contributed by atoms with Crippen molar-refractivity contribution in [2.45, 2.75) is 51.6 Å². The summed E-state index contributed by atoms with van der Waals surface area (Å²) < 4.78 is 16.5. The Bertz CT molecular complexity index is 230. The van der Waals surface area contributed by atoms with Crippen LogP contribution in [0.5, 0.6) is 0 Å². The van der Waals surface area contributed by atoms with Crippen LogP contribution in [0, 0.1) is 5.92 Å². The Hall–Kier alpha value is -0.160. The molecular formula is C16H33NO3. The molecule has 0 saturated heterocycles. The van der Waals surface area contributed by atoms with Crippen molar-refractivity contribution in [2.75, 3.05) is 46.6 Å². The van der Waals surface area contributed by atoms with Gasteiger partial charge in [0.2, 0.25) is 0 Å². The molecule has 1 rings (SSSR count). The predicted octanol–water partition coefficient (Wildman–Crippen LogP) is 2.61. The third-order valence-electron chi connectivity index (χ3n) is 3.85. The van der Waals surface area contributed by atoms with Gasteiger partial charge in [-0.1, -0.05) is 13.8 Å². The van der Waals surface area contributed by atoms with Gasteiger partial charge in [0.25, 0.3) is 0 Å². The summed E-state index contributed by atoms with van der Waals surface area (Å²) >= 11 is 0. The first-order valence-electron chi connectivity index (χ1n) is 8.10. The minimum absolute atomic E-state index is 0.163. The van der Waals surface area contributed by atoms with Crippen molar-refractivity contribution in [3.8, 4) is 0 Å². The fourth-order valence-corrected chi connectivity index (χ4v) is 2.44. The summed E-state index contributed by atoms with van der Waals surface area (Å²) in [5, 5.41) is 3.51. The molecule has 1 N–H and O–H groups in total. The van der Waals surface area contributed by atoms with E-state index in [-0.39, 0.29) is 5.60 Å². The molecule has 0 atom stereocenters. The number of hydrogen-bond donors (Lipinski definition) is 1. The highest BCUT2D eigenvalue weighted by atomic mass is 16.5. The van der Waals surface area contributed by atoms with Crippen LogP contribution in [0.2, 0.25) is 0 Å². The zero-order valence-electron chi connectivity index (χ0n) is 13.6. The van der Waals surface area contributed by atoms with Crippen molar-refractivity contribution in [3.05, 3.63) is 0 Å². The molecule has 0 amide bonds. The van der Waals surface area contributed by atoms with E-state index in [1.54, 1.807) is 7.11 Å². The summed E-state index contributed by atoms with van der Waals surface area (Å²) in [6, 6.07) is 0. The number of hydrogen-bond acceptors (Lipinski definition) is 4. The normalized spacial score (nSPS) is 17.4. The summed E-state index contributed by atoms with van der Waals surface area (Å²) in [5.74, 6) is 0.720. The van der Waals surface area contributed by atoms with Crippen LogP contribution >= 0.6 is 0 Å². The van der Waals surface area contributed by atoms with Crippen LogP contribution in [-0.2, 0) is 14.2 Å². The Balaban J connectivity index is 2.00. The molecule has 0 spiro atoms. The van der Waals surface area contributed by atoms with E-state index in [0.29, 0.717) is 13.2 Å². The van der Waals surface area contributed by atoms with Crippen LogP contribution in [0.1, 0.15) is 46.0 Å². The average Bonchev–Trinajstić information content (AvgIpc) is 2.38. The highest BCUT2D eigenvalue weighted by molar-refractivity contribution is 4.90. The quantitative estimate of drug-likeness (QED) is 0.529. The minimum Gasteiger partial charge on any atom is -0.382 e. The van der Waals surface area contributed by atoms with Crippen molar-refractivity contribution in [1.82, 2.24) is 5.32 Å². The van der Waals surface area contributed by atoms with Gasteiger partial charge in [0.1, 0.15) is 0 Å². The molecule has 4 nitrogen and oxygen atoms in total. The lowest BCUT2D eigenvalue weighted by molar-refractivity contribution is -0.108. The SMILES string of the molecule is COCCOCCCOC1(CCNCC(C)C)CCC1. The van der Waals surface area contributed by atoms with Crippen molar-refractivity contribution in [3.63, 3.8) is 0 Å². The van der Waals surface area contributed by atoms with Gasteiger partial charge in [-0.15, -0.1) is 0 Å². The van der Waals surface area contributed by atoms with Gasteiger partial charge in [0.05, 0.1) is 18.8 Å². The van der Waals surface area contributed by atoms with Gasteiger partial charge in [-0.3, -0.25) is 0 Å². The van der Waals surface area contributed by atoms with E-state index in [2.05, 4.69) is 19.2 Å². The molecule has 1 aliphatic rings. The minimum atomic E-state index is 0.163. The third kappa shape index (κ3) is 7.58. The van der Waals surface area contributed by atoms with Crippen molar-refractivity contribution >= 4 is 0 Å². The van der Waals surface area contributed by atoms with Crippen molar-refractivity contribution in [1.29, 1.82) is 0 Å². The molecule has 0 aromatic heterocycles. The van der Waals surface area contributed by atoms with E-state index in [1.165, 1.54) is 19.3 Å². The van der Waals surface area contributed by atoms with E-state index >= 15 is 0 Å². The van der Waals surface area contributed by atoms with Crippen LogP contribution in [0.4, 0.5) is 0 Å². The smallest absolute Gasteiger partial charge is 0.0700 e. The first-order chi connectivity index (χ1) is 9.68. The number of rotatable bonds is 13. The molecule has 0 unspecified atom stereocenters. The maximum atomic E-state index is 6.13. The number of ether oxygens (including phenoxy) is 3. The van der Waals surface area contributed by atoms with Crippen LogP contribution in [-0.4, -0.2) is 52.2 Å². The van der Waals surface area contributed by atoms with Crippen molar-refractivity contribution < 1.29 is 14.2 Å². The average molecular weight is 287 g/mol. The second kappa shape index (κ2) is 10.6. The fraction of sp³-hybridized carbons (Fsp3) is 1.00. The first-order valence-corrected chi connectivity index (χ1v) is 8.10. The largest absolute Gasteiger partial charge is 0.382 e. The molecule has 1 saturated carbocycles. The van der Waals surface area contributed by atoms with E-state index in [1.807, 2.05) is 0 Å². The molecule has 0 aromatic carbocycles. The standard InChI is InChI=1S/C16H33NO3/c1-15(2)14-17-9-8-16(6-4-7-16)20-11-5-10-19-13-12-18-3/h15,17H,4-14H2,1-3H3. The molecule has 20 heavy (non-hydrogen) atoms. The highest BCUT2D eigenvalue weighted by Crippen LogP contribution is 2.38. The summed E-state index contributed by atoms with van der Waals surface area (Å²) in [6.45, 7) is 9.60. The monoisotopic (exact) mass is 287 g/mol. The van der Waals surface area contributed by atoms with Crippen LogP contribution < -0.4 is 5.32 Å². The predicted molar refractivity (Wildman–Crippen MR) is 82.2 cm³/mol. The zero-order valence-corrected chi connectivity index (χ0v) is 13.6. The zero-order chi connectivity index (χ0) is 14.7. The van der Waals surface area contributed by atoms with Gasteiger partial charge in [0.15, 0.2) is 0 Å². The Morgan fingerprint density at radius 1 is 1.10 bits per heavy atom. The Labute approximate surface area is 124 Å². The summed E-state index contributed by atoms with van der Waals surface area (Å²) in [6.07, 6.45) is 5.88. The molecule has 0 radical (unpaired) electrons. The molecule has 0 bridgehead atoms. The van der Waals surface area contributed by atoms with Gasteiger partial charge in [-0.2, -0.15) is 0 Å². The van der Waals surface area contributed by atoms with Gasteiger partial charge < -0.3 is 19.5 Å². The van der Waals surface area contributed by atoms with E-state index in [0.717, 1.165) is 45.1 Å². The molecular weight excluding hydrogens is 254 g/mol. The fourth-order valence-electron chi connectivity index (χ4n) is 2.44. The highest BCUT2D eigenvalue weighted by Gasteiger charge is 2.37. The summed E-state index contributed by atoms with van der Waals surface area (Å²) in [4.78, 5) is 0. The van der Waals surface area contributed by atoms with Gasteiger partial charge in [-0.05, 0) is 51.1 Å². The second-order valence-corrected chi connectivity index (χ2v) is 6.19. The summed E-state index contributed by atoms with van der Waals surface area (Å²) in [7, 11) is 1.69. The molecule has 0 aliphatic heterocycles. The molecule has 120 valence electrons. The van der Waals surface area contributed by atoms with Gasteiger partial charge in [0, 0.05) is 20.3 Å².